The highest BCUT2D eigenvalue weighted by molar-refractivity contribution is 5.96. The second-order valence-corrected chi connectivity index (χ2v) is 2.98. The Labute approximate surface area is 71.1 Å². The summed E-state index contributed by atoms with van der Waals surface area (Å²) in [6.07, 6.45) is 1.32. The van der Waals surface area contributed by atoms with Gasteiger partial charge in [-0.05, 0) is 12.3 Å². The molecule has 0 aromatic carbocycles. The SMILES string of the molecule is CC(C)C/C(=C/C(N)=O)C(=O)O. The highest BCUT2D eigenvalue weighted by Crippen LogP contribution is 2.10. The van der Waals surface area contributed by atoms with Crippen LogP contribution in [0.2, 0.25) is 0 Å². The lowest BCUT2D eigenvalue weighted by atomic mass is 10.0. The molecule has 3 N–H and O–H groups in total. The molecule has 0 aliphatic rings. The second kappa shape index (κ2) is 4.54. The Bertz CT molecular complexity index is 218. The molecule has 0 aromatic heterocycles. The maximum Gasteiger partial charge on any atom is 0.331 e. The Kier molecular flexibility index (Phi) is 4.04. The van der Waals surface area contributed by atoms with Crippen LogP contribution in [0.25, 0.3) is 0 Å². The molecule has 4 heteroatoms. The fraction of sp³-hybridized carbons (Fsp3) is 0.500. The van der Waals surface area contributed by atoms with Crippen molar-refractivity contribution in [3.63, 3.8) is 0 Å². The summed E-state index contributed by atoms with van der Waals surface area (Å²) in [5.41, 5.74) is 4.90. The van der Waals surface area contributed by atoms with Crippen LogP contribution < -0.4 is 5.73 Å². The van der Waals surface area contributed by atoms with Gasteiger partial charge in [-0.25, -0.2) is 4.79 Å². The smallest absolute Gasteiger partial charge is 0.331 e. The molecule has 0 bridgehead atoms. The zero-order chi connectivity index (χ0) is 9.72. The maximum absolute atomic E-state index is 10.5. The van der Waals surface area contributed by atoms with Crippen LogP contribution in [0.1, 0.15) is 20.3 Å². The van der Waals surface area contributed by atoms with E-state index in [9.17, 15) is 9.59 Å². The average molecular weight is 171 g/mol. The van der Waals surface area contributed by atoms with E-state index >= 15 is 0 Å². The van der Waals surface area contributed by atoms with Crippen LogP contribution in [-0.2, 0) is 9.59 Å². The van der Waals surface area contributed by atoms with Crippen molar-refractivity contribution in [1.29, 1.82) is 0 Å². The molecule has 1 amide bonds. The van der Waals surface area contributed by atoms with Crippen molar-refractivity contribution >= 4 is 11.9 Å². The van der Waals surface area contributed by atoms with Crippen molar-refractivity contribution in [1.82, 2.24) is 0 Å². The molecule has 4 nitrogen and oxygen atoms in total. The van der Waals surface area contributed by atoms with E-state index in [2.05, 4.69) is 0 Å². The van der Waals surface area contributed by atoms with Gasteiger partial charge in [0.05, 0.1) is 0 Å². The van der Waals surface area contributed by atoms with Crippen LogP contribution >= 0.6 is 0 Å². The van der Waals surface area contributed by atoms with Crippen LogP contribution in [0.4, 0.5) is 0 Å². The summed E-state index contributed by atoms with van der Waals surface area (Å²) in [6.45, 7) is 3.75. The van der Waals surface area contributed by atoms with Crippen molar-refractivity contribution in [2.45, 2.75) is 20.3 Å². The molecule has 0 radical (unpaired) electrons. The van der Waals surface area contributed by atoms with Gasteiger partial charge in [-0.1, -0.05) is 13.8 Å². The standard InChI is InChI=1S/C8H13NO3/c1-5(2)3-6(8(11)12)4-7(9)10/h4-5H,3H2,1-2H3,(H2,9,10)(H,11,12)/b6-4-. The molecule has 0 aliphatic heterocycles. The Morgan fingerprint density at radius 1 is 1.50 bits per heavy atom. The Balaban J connectivity index is 4.44. The lowest BCUT2D eigenvalue weighted by Gasteiger charge is -2.03. The maximum atomic E-state index is 10.5. The van der Waals surface area contributed by atoms with Gasteiger partial charge >= 0.3 is 5.97 Å². The minimum absolute atomic E-state index is 0.0671. The summed E-state index contributed by atoms with van der Waals surface area (Å²) in [7, 11) is 0. The van der Waals surface area contributed by atoms with Crippen LogP contribution in [0.3, 0.4) is 0 Å². The molecule has 0 saturated carbocycles. The van der Waals surface area contributed by atoms with Gasteiger partial charge in [0.2, 0.25) is 5.91 Å². The Hall–Kier alpha value is -1.32. The van der Waals surface area contributed by atoms with Gasteiger partial charge in [-0.3, -0.25) is 4.79 Å². The van der Waals surface area contributed by atoms with E-state index in [1.807, 2.05) is 13.8 Å². The number of carboxylic acids is 1. The van der Waals surface area contributed by atoms with Crippen molar-refractivity contribution in [3.8, 4) is 0 Å². The predicted octanol–water partition coefficient (Wildman–Crippen LogP) is 0.529. The fourth-order valence-corrected chi connectivity index (χ4v) is 0.820. The van der Waals surface area contributed by atoms with Gasteiger partial charge in [0.25, 0.3) is 0 Å². The topological polar surface area (TPSA) is 80.4 Å². The third-order valence-corrected chi connectivity index (χ3v) is 1.22. The van der Waals surface area contributed by atoms with Crippen molar-refractivity contribution in [3.05, 3.63) is 11.6 Å². The molecular weight excluding hydrogens is 158 g/mol. The molecule has 0 aromatic rings. The first-order chi connectivity index (χ1) is 5.43. The number of primary amides is 1. The molecule has 0 atom stereocenters. The number of carbonyl (C=O) groups excluding carboxylic acids is 1. The zero-order valence-corrected chi connectivity index (χ0v) is 7.20. The highest BCUT2D eigenvalue weighted by atomic mass is 16.4. The number of aliphatic carboxylic acids is 1. The summed E-state index contributed by atoms with van der Waals surface area (Å²) in [5.74, 6) is -1.60. The first-order valence-corrected chi connectivity index (χ1v) is 3.66. The zero-order valence-electron chi connectivity index (χ0n) is 7.20. The number of rotatable bonds is 4. The Morgan fingerprint density at radius 3 is 2.25 bits per heavy atom. The first-order valence-electron chi connectivity index (χ1n) is 3.66. The van der Waals surface area contributed by atoms with E-state index in [1.165, 1.54) is 0 Å². The summed E-state index contributed by atoms with van der Waals surface area (Å²) >= 11 is 0. The van der Waals surface area contributed by atoms with Crippen LogP contribution in [0.15, 0.2) is 11.6 Å². The number of hydrogen-bond acceptors (Lipinski definition) is 2. The third kappa shape index (κ3) is 4.49. The average Bonchev–Trinajstić information content (AvgIpc) is 1.83. The Morgan fingerprint density at radius 2 is 2.00 bits per heavy atom. The number of carboxylic acid groups (broad SMARTS) is 1. The number of hydrogen-bond donors (Lipinski definition) is 2. The minimum Gasteiger partial charge on any atom is -0.478 e. The van der Waals surface area contributed by atoms with Crippen molar-refractivity contribution in [2.24, 2.45) is 11.7 Å². The third-order valence-electron chi connectivity index (χ3n) is 1.22. The van der Waals surface area contributed by atoms with Crippen LogP contribution in [-0.4, -0.2) is 17.0 Å². The molecule has 0 aliphatic carbocycles. The van der Waals surface area contributed by atoms with Crippen LogP contribution in [0, 0.1) is 5.92 Å². The number of carbonyl (C=O) groups is 2. The lowest BCUT2D eigenvalue weighted by molar-refractivity contribution is -0.133. The van der Waals surface area contributed by atoms with Gasteiger partial charge in [-0.15, -0.1) is 0 Å². The van der Waals surface area contributed by atoms with Crippen molar-refractivity contribution in [2.75, 3.05) is 0 Å². The molecule has 0 saturated heterocycles. The minimum atomic E-state index is -1.08. The fourth-order valence-electron chi connectivity index (χ4n) is 0.820. The molecular formula is C8H13NO3. The summed E-state index contributed by atoms with van der Waals surface area (Å²) in [5, 5.41) is 8.59. The van der Waals surface area contributed by atoms with E-state index in [4.69, 9.17) is 10.8 Å². The summed E-state index contributed by atoms with van der Waals surface area (Å²) < 4.78 is 0. The summed E-state index contributed by atoms with van der Waals surface area (Å²) in [6, 6.07) is 0. The molecule has 0 fully saturated rings. The van der Waals surface area contributed by atoms with Gasteiger partial charge in [-0.2, -0.15) is 0 Å². The molecule has 0 heterocycles. The molecule has 12 heavy (non-hydrogen) atoms. The van der Waals surface area contributed by atoms with E-state index in [0.29, 0.717) is 6.42 Å². The van der Waals surface area contributed by atoms with Gasteiger partial charge in [0, 0.05) is 11.6 Å². The lowest BCUT2D eigenvalue weighted by Crippen LogP contribution is -2.12. The monoisotopic (exact) mass is 171 g/mol. The normalized spacial score (nSPS) is 11.8. The molecule has 0 unspecified atom stereocenters. The van der Waals surface area contributed by atoms with E-state index in [0.717, 1.165) is 6.08 Å². The van der Waals surface area contributed by atoms with E-state index in [-0.39, 0.29) is 11.5 Å². The molecule has 0 spiro atoms. The van der Waals surface area contributed by atoms with Gasteiger partial charge < -0.3 is 10.8 Å². The van der Waals surface area contributed by atoms with Gasteiger partial charge in [0.1, 0.15) is 0 Å². The quantitative estimate of drug-likeness (QED) is 0.605. The first kappa shape index (κ1) is 10.7. The van der Waals surface area contributed by atoms with Crippen LogP contribution in [0.5, 0.6) is 0 Å². The van der Waals surface area contributed by atoms with Gasteiger partial charge in [0.15, 0.2) is 0 Å². The number of amides is 1. The highest BCUT2D eigenvalue weighted by Gasteiger charge is 2.10. The van der Waals surface area contributed by atoms with E-state index < -0.39 is 11.9 Å². The molecule has 0 rings (SSSR count). The van der Waals surface area contributed by atoms with Crippen molar-refractivity contribution < 1.29 is 14.7 Å². The number of nitrogens with two attached hydrogens (primary N) is 1. The summed E-state index contributed by atoms with van der Waals surface area (Å²) in [4.78, 5) is 20.9. The largest absolute Gasteiger partial charge is 0.478 e. The second-order valence-electron chi connectivity index (χ2n) is 2.98. The predicted molar refractivity (Wildman–Crippen MR) is 44.4 cm³/mol. The molecule has 68 valence electrons. The van der Waals surface area contributed by atoms with E-state index in [1.54, 1.807) is 0 Å².